The third-order valence-electron chi connectivity index (χ3n) is 5.34. The van der Waals surface area contributed by atoms with Crippen molar-refractivity contribution < 1.29 is 4.79 Å². The Bertz CT molecular complexity index is 1090. The largest absolute Gasteiger partial charge is 0.337 e. The number of hydrogen-bond donors (Lipinski definition) is 1. The summed E-state index contributed by atoms with van der Waals surface area (Å²) in [7, 11) is 0. The fourth-order valence-corrected chi connectivity index (χ4v) is 3.74. The zero-order valence-electron chi connectivity index (χ0n) is 14.7. The molecule has 4 rings (SSSR count). The van der Waals surface area contributed by atoms with Gasteiger partial charge in [-0.3, -0.25) is 9.59 Å². The molecular weight excluding hydrogens is 340 g/mol. The normalized spacial score (nSPS) is 16.0. The predicted molar refractivity (Wildman–Crippen MR) is 101 cm³/mol. The monoisotopic (exact) mass is 358 g/mol. The Morgan fingerprint density at radius 2 is 1.67 bits per heavy atom. The van der Waals surface area contributed by atoms with Gasteiger partial charge in [-0.2, -0.15) is 10.4 Å². The maximum absolute atomic E-state index is 13.0. The highest BCUT2D eigenvalue weighted by molar-refractivity contribution is 6.04. The molecule has 1 aliphatic heterocycles. The summed E-state index contributed by atoms with van der Waals surface area (Å²) < 4.78 is 0. The number of aromatic amines is 1. The first-order chi connectivity index (χ1) is 13.1. The Hall–Kier alpha value is -3.46. The molecule has 27 heavy (non-hydrogen) atoms. The van der Waals surface area contributed by atoms with E-state index < -0.39 is 5.41 Å². The van der Waals surface area contributed by atoms with Gasteiger partial charge in [0.2, 0.25) is 0 Å². The second kappa shape index (κ2) is 6.69. The molecule has 6 heteroatoms. The topological polar surface area (TPSA) is 89.8 Å². The predicted octanol–water partition coefficient (Wildman–Crippen LogP) is 2.62. The van der Waals surface area contributed by atoms with E-state index in [1.165, 1.54) is 0 Å². The van der Waals surface area contributed by atoms with Crippen molar-refractivity contribution in [3.05, 3.63) is 76.2 Å². The van der Waals surface area contributed by atoms with Crippen LogP contribution in [0.2, 0.25) is 0 Å². The van der Waals surface area contributed by atoms with Crippen molar-refractivity contribution in [3.63, 3.8) is 0 Å². The molecule has 0 unspecified atom stereocenters. The smallest absolute Gasteiger partial charge is 0.274 e. The molecule has 134 valence electrons. The van der Waals surface area contributed by atoms with E-state index in [9.17, 15) is 14.9 Å². The number of H-pyrrole nitrogens is 1. The highest BCUT2D eigenvalue weighted by atomic mass is 16.2. The minimum atomic E-state index is -0.571. The average molecular weight is 358 g/mol. The molecule has 1 aromatic heterocycles. The molecule has 0 atom stereocenters. The Morgan fingerprint density at radius 1 is 1.04 bits per heavy atom. The first-order valence-electron chi connectivity index (χ1n) is 8.88. The molecule has 1 N–H and O–H groups in total. The highest BCUT2D eigenvalue weighted by Gasteiger charge is 2.38. The van der Waals surface area contributed by atoms with Crippen molar-refractivity contribution in [3.8, 4) is 6.07 Å². The molecule has 0 saturated carbocycles. The number of benzene rings is 2. The van der Waals surface area contributed by atoms with Gasteiger partial charge in [-0.25, -0.2) is 5.10 Å². The van der Waals surface area contributed by atoms with Crippen LogP contribution in [0.1, 0.15) is 28.9 Å². The first kappa shape index (κ1) is 17.0. The molecule has 1 fully saturated rings. The molecule has 0 spiro atoms. The zero-order chi connectivity index (χ0) is 18.9. The summed E-state index contributed by atoms with van der Waals surface area (Å²) in [6, 6.07) is 19.2. The fourth-order valence-electron chi connectivity index (χ4n) is 3.74. The van der Waals surface area contributed by atoms with Gasteiger partial charge in [-0.1, -0.05) is 48.5 Å². The van der Waals surface area contributed by atoms with Gasteiger partial charge < -0.3 is 4.90 Å². The van der Waals surface area contributed by atoms with Crippen LogP contribution >= 0.6 is 0 Å². The number of hydrogen-bond acceptors (Lipinski definition) is 4. The minimum absolute atomic E-state index is 0.220. The number of carbonyl (C=O) groups excluding carboxylic acids is 1. The second-order valence-corrected chi connectivity index (χ2v) is 6.80. The van der Waals surface area contributed by atoms with Gasteiger partial charge in [0, 0.05) is 18.5 Å². The molecule has 2 aromatic carbocycles. The van der Waals surface area contributed by atoms with Crippen molar-refractivity contribution >= 4 is 16.7 Å². The Balaban J connectivity index is 1.61. The number of nitriles is 1. The molecular formula is C21H18N4O2. The van der Waals surface area contributed by atoms with E-state index in [-0.39, 0.29) is 17.2 Å². The van der Waals surface area contributed by atoms with Crippen LogP contribution in [-0.2, 0) is 5.41 Å². The average Bonchev–Trinajstić information content (AvgIpc) is 2.74. The van der Waals surface area contributed by atoms with Crippen LogP contribution < -0.4 is 5.56 Å². The molecule has 0 bridgehead atoms. The number of piperidine rings is 1. The molecule has 1 aliphatic rings. The molecule has 6 nitrogen and oxygen atoms in total. The molecule has 1 saturated heterocycles. The van der Waals surface area contributed by atoms with Crippen molar-refractivity contribution in [2.75, 3.05) is 13.1 Å². The third-order valence-corrected chi connectivity index (χ3v) is 5.34. The summed E-state index contributed by atoms with van der Waals surface area (Å²) in [4.78, 5) is 26.7. The standard InChI is InChI=1S/C21H18N4O2/c22-14-21(15-6-2-1-3-7-15)10-12-25(13-11-21)20(27)18-16-8-4-5-9-17(16)19(26)24-23-18/h1-9H,10-13H2,(H,24,26). The molecule has 0 radical (unpaired) electrons. The fraction of sp³-hybridized carbons (Fsp3) is 0.238. The maximum atomic E-state index is 13.0. The number of rotatable bonds is 2. The van der Waals surface area contributed by atoms with Crippen LogP contribution in [0.15, 0.2) is 59.4 Å². The van der Waals surface area contributed by atoms with Gasteiger partial charge in [0.25, 0.3) is 11.5 Å². The quantitative estimate of drug-likeness (QED) is 0.762. The lowest BCUT2D eigenvalue weighted by atomic mass is 9.74. The molecule has 3 aromatic rings. The van der Waals surface area contributed by atoms with E-state index in [2.05, 4.69) is 16.3 Å². The molecule has 1 amide bonds. The SMILES string of the molecule is N#CC1(c2ccccc2)CCN(C(=O)c2n[nH]c(=O)c3ccccc23)CC1. The maximum Gasteiger partial charge on any atom is 0.274 e. The number of fused-ring (bicyclic) bond motifs is 1. The van der Waals surface area contributed by atoms with E-state index >= 15 is 0 Å². The van der Waals surface area contributed by atoms with E-state index in [0.29, 0.717) is 36.7 Å². The van der Waals surface area contributed by atoms with Crippen molar-refractivity contribution in [1.82, 2.24) is 15.1 Å². The van der Waals surface area contributed by atoms with Crippen LogP contribution in [0.5, 0.6) is 0 Å². The Morgan fingerprint density at radius 3 is 2.33 bits per heavy atom. The van der Waals surface area contributed by atoms with E-state index in [0.717, 1.165) is 5.56 Å². The highest BCUT2D eigenvalue weighted by Crippen LogP contribution is 2.35. The minimum Gasteiger partial charge on any atom is -0.337 e. The Labute approximate surface area is 156 Å². The lowest BCUT2D eigenvalue weighted by molar-refractivity contribution is 0.0687. The zero-order valence-corrected chi connectivity index (χ0v) is 14.7. The van der Waals surface area contributed by atoms with Crippen molar-refractivity contribution in [1.29, 1.82) is 5.26 Å². The first-order valence-corrected chi connectivity index (χ1v) is 8.88. The number of nitrogens with one attached hydrogen (secondary N) is 1. The van der Waals surface area contributed by atoms with Crippen molar-refractivity contribution in [2.24, 2.45) is 0 Å². The third kappa shape index (κ3) is 2.87. The Kier molecular flexibility index (Phi) is 4.21. The van der Waals surface area contributed by atoms with Gasteiger partial charge in [-0.15, -0.1) is 0 Å². The summed E-state index contributed by atoms with van der Waals surface area (Å²) in [5, 5.41) is 17.2. The van der Waals surface area contributed by atoms with Gasteiger partial charge >= 0.3 is 0 Å². The number of aromatic nitrogens is 2. The van der Waals surface area contributed by atoms with E-state index in [1.807, 2.05) is 30.3 Å². The lowest BCUT2D eigenvalue weighted by Crippen LogP contribution is -2.45. The molecule has 0 aliphatic carbocycles. The molecule has 2 heterocycles. The van der Waals surface area contributed by atoms with Gasteiger partial charge in [0.15, 0.2) is 5.69 Å². The summed E-state index contributed by atoms with van der Waals surface area (Å²) in [6.07, 6.45) is 1.14. The summed E-state index contributed by atoms with van der Waals surface area (Å²) in [5.74, 6) is -0.220. The van der Waals surface area contributed by atoms with Crippen LogP contribution in [0.3, 0.4) is 0 Å². The van der Waals surface area contributed by atoms with E-state index in [1.54, 1.807) is 29.2 Å². The van der Waals surface area contributed by atoms with Crippen LogP contribution in [-0.4, -0.2) is 34.1 Å². The summed E-state index contributed by atoms with van der Waals surface area (Å²) >= 11 is 0. The van der Waals surface area contributed by atoms with Gasteiger partial charge in [0.1, 0.15) is 0 Å². The number of likely N-dealkylation sites (tertiary alicyclic amines) is 1. The number of carbonyl (C=O) groups is 1. The number of nitrogens with zero attached hydrogens (tertiary/aromatic N) is 3. The van der Waals surface area contributed by atoms with Crippen molar-refractivity contribution in [2.45, 2.75) is 18.3 Å². The van der Waals surface area contributed by atoms with Gasteiger partial charge in [-0.05, 0) is 24.5 Å². The second-order valence-electron chi connectivity index (χ2n) is 6.80. The van der Waals surface area contributed by atoms with Crippen LogP contribution in [0.4, 0.5) is 0 Å². The lowest BCUT2D eigenvalue weighted by Gasteiger charge is -2.37. The van der Waals surface area contributed by atoms with Crippen LogP contribution in [0, 0.1) is 11.3 Å². The van der Waals surface area contributed by atoms with Gasteiger partial charge in [0.05, 0.1) is 16.9 Å². The van der Waals surface area contributed by atoms with Crippen LogP contribution in [0.25, 0.3) is 10.8 Å². The van der Waals surface area contributed by atoms with E-state index in [4.69, 9.17) is 0 Å². The summed E-state index contributed by atoms with van der Waals surface area (Å²) in [5.41, 5.74) is 0.355. The number of amides is 1. The summed E-state index contributed by atoms with van der Waals surface area (Å²) in [6.45, 7) is 0.937.